The van der Waals surface area contributed by atoms with E-state index in [0.29, 0.717) is 0 Å². The van der Waals surface area contributed by atoms with Crippen molar-refractivity contribution in [1.29, 1.82) is 0 Å². The van der Waals surface area contributed by atoms with Crippen molar-refractivity contribution in [2.45, 2.75) is 20.8 Å². The summed E-state index contributed by atoms with van der Waals surface area (Å²) in [6, 6.07) is 0. The second-order valence-electron chi connectivity index (χ2n) is 21.2. The number of halogens is 5. The van der Waals surface area contributed by atoms with Crippen molar-refractivity contribution in [3.63, 3.8) is 0 Å². The van der Waals surface area contributed by atoms with E-state index in [0.717, 1.165) is 0 Å². The van der Waals surface area contributed by atoms with Gasteiger partial charge in [0.25, 0.3) is 117 Å². The summed E-state index contributed by atoms with van der Waals surface area (Å²) in [5.74, 6) is -4.44. The topological polar surface area (TPSA) is 943 Å². The Labute approximate surface area is 683 Å². The smallest absolute Gasteiger partial charge is 0.268 e. The summed E-state index contributed by atoms with van der Waals surface area (Å²) < 4.78 is 338. The van der Waals surface area contributed by atoms with Gasteiger partial charge in [-0.3, -0.25) is 90.4 Å². The predicted molar refractivity (Wildman–Crippen MR) is 349 cm³/mol. The van der Waals surface area contributed by atoms with Crippen LogP contribution in [-0.4, -0.2) is 236 Å². The fourth-order valence-corrected chi connectivity index (χ4v) is 14.4. The molecule has 61 nitrogen and oxygen atoms in total. The van der Waals surface area contributed by atoms with Gasteiger partial charge in [-0.15, -0.1) is 0 Å². The van der Waals surface area contributed by atoms with Crippen LogP contribution in [0.4, 0.5) is 22.0 Å². The highest BCUT2D eigenvalue weighted by Crippen LogP contribution is 2.48. The van der Waals surface area contributed by atoms with Crippen LogP contribution >= 0.6 is 117 Å². The molecular weight excluding hydrogens is 2020 g/mol. The lowest BCUT2D eigenvalue weighted by atomic mass is 10.2. The molecule has 20 unspecified atom stereocenters. The second-order valence-corrected chi connectivity index (χ2v) is 41.5. The Bertz CT molecular complexity index is 3410. The fraction of sp³-hybridized carbons (Fsp3) is 1.00. The standard InChI is InChI=1S/C22H53F2O37P9.3C6H15FO8P2/c23-15-21(17-25)18-60-69(41,42)57-13-11-55-67(37,38)53-9-7-51-65(33,34)49-5-3-47-63(29,30)45-1-2-46-64(31,32)48-4-6-50-66(35,36)52-8-10-54-68(39,40)56-12-14-58-70(43,44)61-20-22(16-24)19-59-62(26,27)28;3*1-6(4-7)5-15-17(11,12)14-3-2-13-16(8,9)10/h21-22,25H,1-20H2,(H,29,30)(H,31,32)(H,33,34)(H,35,36)(H,37,38)(H,39,40)(H,41,42)(H,43,44)(H2,26,27,28);3*6H,2-5H2,1H3,(H,11,12)(H2,8,9,10)/p-15. The van der Waals surface area contributed by atoms with E-state index in [2.05, 4.69) is 118 Å². The number of hydrogen-bond donors (Lipinski definition) is 5. The number of alkyl halides is 5. The van der Waals surface area contributed by atoms with Crippen LogP contribution in [0, 0.1) is 29.6 Å². The highest BCUT2D eigenvalue weighted by atomic mass is 31.2. The van der Waals surface area contributed by atoms with Crippen molar-refractivity contribution in [1.82, 2.24) is 0 Å². The zero-order valence-electron chi connectivity index (χ0n) is 62.2. The Hall–Kier alpha value is 1.26. The van der Waals surface area contributed by atoms with Crippen LogP contribution in [0.1, 0.15) is 20.8 Å². The van der Waals surface area contributed by atoms with Gasteiger partial charge in [0.1, 0.15) is 0 Å². The molecule has 0 aliphatic rings. The maximum absolute atomic E-state index is 12.8. The molecule has 0 aromatic heterocycles. The lowest BCUT2D eigenvalue weighted by Crippen LogP contribution is -2.21. The van der Waals surface area contributed by atoms with Crippen LogP contribution in [0.25, 0.3) is 0 Å². The van der Waals surface area contributed by atoms with Gasteiger partial charge in [-0.2, -0.15) is 0 Å². The maximum Gasteiger partial charge on any atom is 0.268 e. The van der Waals surface area contributed by atoms with Gasteiger partial charge < -0.3 is 216 Å². The predicted octanol–water partition coefficient (Wildman–Crippen LogP) is -5.65. The third kappa shape index (κ3) is 88.9. The largest absolute Gasteiger partial charge is 0.756 e. The molecule has 0 aromatic rings. The first kappa shape index (κ1) is 129. The molecule has 121 heavy (non-hydrogen) atoms. The van der Waals surface area contributed by atoms with E-state index in [1.807, 2.05) is 0 Å². The zero-order chi connectivity index (χ0) is 94.4. The normalized spacial score (nSPS) is 20.8. The molecule has 0 bridgehead atoms. The Morgan fingerprint density at radius 1 is 0.198 bits per heavy atom. The van der Waals surface area contributed by atoms with Crippen LogP contribution < -0.4 is 73.4 Å². The number of phosphoric ester groups is 15. The van der Waals surface area contributed by atoms with Gasteiger partial charge in [-0.1, -0.05) is 20.8 Å². The number of aliphatic hydroxyl groups is 1. The minimum absolute atomic E-state index is 0.377. The van der Waals surface area contributed by atoms with Crippen molar-refractivity contribution < 1.29 is 306 Å². The Morgan fingerprint density at radius 3 is 0.455 bits per heavy atom. The van der Waals surface area contributed by atoms with E-state index in [1.165, 1.54) is 20.8 Å². The fourth-order valence-electron chi connectivity index (χ4n) is 5.07. The molecule has 0 amide bonds. The molecular formula is C40H83F5O61P15-15. The molecule has 0 saturated heterocycles. The molecule has 5 N–H and O–H groups in total. The van der Waals surface area contributed by atoms with Crippen molar-refractivity contribution in [3.05, 3.63) is 0 Å². The molecule has 0 aromatic carbocycles. The van der Waals surface area contributed by atoms with Crippen LogP contribution in [0.3, 0.4) is 0 Å². The van der Waals surface area contributed by atoms with Crippen LogP contribution in [0.15, 0.2) is 0 Å². The summed E-state index contributed by atoms with van der Waals surface area (Å²) in [6.45, 7) is -23.3. The van der Waals surface area contributed by atoms with Crippen molar-refractivity contribution in [3.8, 4) is 0 Å². The monoisotopic (exact) mass is 2100 g/mol. The lowest BCUT2D eigenvalue weighted by Gasteiger charge is -2.27. The molecule has 734 valence electrons. The molecule has 0 fully saturated rings. The van der Waals surface area contributed by atoms with Gasteiger partial charge >= 0.3 is 0 Å². The minimum atomic E-state index is -5.28. The van der Waals surface area contributed by atoms with E-state index >= 15 is 0 Å². The molecule has 0 rings (SSSR count). The van der Waals surface area contributed by atoms with Crippen LogP contribution in [0.2, 0.25) is 0 Å². The van der Waals surface area contributed by atoms with E-state index in [4.69, 9.17) is 24.7 Å². The summed E-state index contributed by atoms with van der Waals surface area (Å²) in [4.78, 5) is 200. The second kappa shape index (κ2) is 65.0. The molecule has 81 heteroatoms. The highest BCUT2D eigenvalue weighted by Gasteiger charge is 2.24. The average molecular weight is 2100 g/mol. The molecule has 0 aliphatic carbocycles. The number of phosphoric acid groups is 15. The summed E-state index contributed by atoms with van der Waals surface area (Å²) in [5, 5.41) is 8.79. The molecule has 0 heterocycles. The minimum Gasteiger partial charge on any atom is -0.756 e. The van der Waals surface area contributed by atoms with E-state index in [9.17, 15) is 164 Å². The number of hydrogen-bond acceptors (Lipinski definition) is 57. The summed E-state index contributed by atoms with van der Waals surface area (Å²) in [7, 11) is -75.5. The number of aliphatic hydroxyl groups excluding tert-OH is 1. The van der Waals surface area contributed by atoms with Gasteiger partial charge in [0, 0.05) is 29.6 Å². The lowest BCUT2D eigenvalue weighted by molar-refractivity contribution is -0.238. The van der Waals surface area contributed by atoms with Gasteiger partial charge in [0.2, 0.25) is 0 Å². The number of rotatable bonds is 74. The Morgan fingerprint density at radius 2 is 0.322 bits per heavy atom. The summed E-state index contributed by atoms with van der Waals surface area (Å²) in [5.41, 5.74) is 0. The van der Waals surface area contributed by atoms with Crippen LogP contribution in [0.5, 0.6) is 0 Å². The zero-order valence-corrected chi connectivity index (χ0v) is 75.6. The first-order chi connectivity index (χ1) is 55.1. The molecule has 0 radical (unpaired) electrons. The third-order valence-corrected chi connectivity index (χ3v) is 23.1. The van der Waals surface area contributed by atoms with Gasteiger partial charge in [-0.05, 0) is 0 Å². The summed E-state index contributed by atoms with van der Waals surface area (Å²) in [6.07, 6.45) is 0. The molecule has 0 spiro atoms. The molecule has 0 aliphatic heterocycles. The maximum atomic E-state index is 12.8. The van der Waals surface area contributed by atoms with E-state index in [-0.39, 0.29) is 19.8 Å². The van der Waals surface area contributed by atoms with Gasteiger partial charge in [0.15, 0.2) is 0 Å². The van der Waals surface area contributed by atoms with Gasteiger partial charge in [0.05, 0.1) is 212 Å². The molecule has 0 saturated carbocycles. The third-order valence-electron chi connectivity index (χ3n) is 10.3. The summed E-state index contributed by atoms with van der Waals surface area (Å²) >= 11 is 0. The first-order valence-corrected chi connectivity index (χ1v) is 53.9. The van der Waals surface area contributed by atoms with E-state index < -0.39 is 339 Å². The Kier molecular flexibility index (Phi) is 69.0. The van der Waals surface area contributed by atoms with Crippen LogP contribution in [-0.2, 0) is 186 Å². The molecule has 20 atom stereocenters. The highest BCUT2D eigenvalue weighted by molar-refractivity contribution is 7.49. The van der Waals surface area contributed by atoms with Gasteiger partial charge in [-0.25, -0.2) is 0 Å². The SMILES string of the molecule is CC(CF)COP(=O)([O-])OCCOP(=O)([O-])O.CC(CF)COP(=O)([O-])OCCOP(=O)([O-])O.CC(CF)COP(=O)([O-])OCCOP(=O)([O-])O.O=P([O-])(O)OCC(CF)COP(=O)([O-])OCCOP(=O)([O-])OCCOP(=O)([O-])OCCOP(=O)([O-])OCCOP(=O)([O-])OCCOP(=O)([O-])OCCOP(=O)([O-])OCCOP(=O)([O-])OCC(CO)CF. The quantitative estimate of drug-likeness (QED) is 0.0215. The first-order valence-electron chi connectivity index (χ1n) is 31.8. The Balaban J connectivity index is -0.00000106. The van der Waals surface area contributed by atoms with E-state index in [1.54, 1.807) is 0 Å². The average Bonchev–Trinajstić information content (AvgIpc) is 0.895. The van der Waals surface area contributed by atoms with Crippen molar-refractivity contribution >= 4 is 117 Å². The van der Waals surface area contributed by atoms with Crippen molar-refractivity contribution in [2.75, 3.05) is 212 Å². The van der Waals surface area contributed by atoms with Crippen molar-refractivity contribution in [2.24, 2.45) is 29.6 Å².